The van der Waals surface area contributed by atoms with Gasteiger partial charge < -0.3 is 16.0 Å². The first-order valence-electron chi connectivity index (χ1n) is 10.8. The van der Waals surface area contributed by atoms with E-state index in [0.29, 0.717) is 30.8 Å². The van der Waals surface area contributed by atoms with Gasteiger partial charge in [0.2, 0.25) is 11.8 Å². The van der Waals surface area contributed by atoms with E-state index >= 15 is 0 Å². The third-order valence-electron chi connectivity index (χ3n) is 6.10. The highest BCUT2D eigenvalue weighted by Gasteiger charge is 2.29. The Morgan fingerprint density at radius 2 is 1.97 bits per heavy atom. The smallest absolute Gasteiger partial charge is 0.255 e. The molecule has 31 heavy (non-hydrogen) atoms. The summed E-state index contributed by atoms with van der Waals surface area (Å²) in [5, 5.41) is 2.96. The van der Waals surface area contributed by atoms with Gasteiger partial charge in [0.15, 0.2) is 0 Å². The number of nitrogens with two attached hydrogens (primary N) is 1. The molecular weight excluding hydrogens is 392 g/mol. The molecule has 3 amide bonds. The molecule has 2 aliphatic rings. The van der Waals surface area contributed by atoms with Crippen molar-refractivity contribution in [3.8, 4) is 0 Å². The zero-order chi connectivity index (χ0) is 22.0. The van der Waals surface area contributed by atoms with Gasteiger partial charge in [0.1, 0.15) is 0 Å². The van der Waals surface area contributed by atoms with Crippen molar-refractivity contribution in [1.29, 1.82) is 0 Å². The molecule has 0 radical (unpaired) electrons. The van der Waals surface area contributed by atoms with E-state index in [-0.39, 0.29) is 23.8 Å². The average molecular weight is 421 g/mol. The van der Waals surface area contributed by atoms with Crippen LogP contribution in [-0.4, -0.2) is 41.8 Å². The number of anilines is 2. The highest BCUT2D eigenvalue weighted by Crippen LogP contribution is 2.30. The van der Waals surface area contributed by atoms with Crippen LogP contribution in [0, 0.1) is 0 Å². The summed E-state index contributed by atoms with van der Waals surface area (Å²) in [5.41, 5.74) is 9.74. The Morgan fingerprint density at radius 3 is 2.74 bits per heavy atom. The van der Waals surface area contributed by atoms with Gasteiger partial charge in [-0.3, -0.25) is 19.3 Å². The minimum Gasteiger partial charge on any atom is -0.368 e. The zero-order valence-electron chi connectivity index (χ0n) is 17.8. The number of nitrogens with one attached hydrogen (secondary N) is 1. The maximum Gasteiger partial charge on any atom is 0.255 e. The van der Waals surface area contributed by atoms with Crippen LogP contribution in [0.15, 0.2) is 42.5 Å². The first-order chi connectivity index (χ1) is 15.0. The van der Waals surface area contributed by atoms with Crippen LogP contribution in [0.25, 0.3) is 0 Å². The topological polar surface area (TPSA) is 95.7 Å². The maximum absolute atomic E-state index is 12.8. The van der Waals surface area contributed by atoms with Gasteiger partial charge in [-0.25, -0.2) is 0 Å². The lowest BCUT2D eigenvalue weighted by Gasteiger charge is -2.22. The van der Waals surface area contributed by atoms with Crippen molar-refractivity contribution in [2.45, 2.75) is 45.2 Å². The second kappa shape index (κ2) is 8.89. The fourth-order valence-corrected chi connectivity index (χ4v) is 4.52. The van der Waals surface area contributed by atoms with Gasteiger partial charge in [-0.2, -0.15) is 0 Å². The number of carbonyl (C=O) groups excluding carboxylic acids is 3. The third kappa shape index (κ3) is 4.46. The number of likely N-dealkylation sites (tertiary alicyclic amines) is 1. The molecule has 1 fully saturated rings. The first-order valence-corrected chi connectivity index (χ1v) is 10.8. The average Bonchev–Trinajstić information content (AvgIpc) is 3.40. The molecule has 0 aromatic heterocycles. The van der Waals surface area contributed by atoms with Gasteiger partial charge in [0, 0.05) is 36.4 Å². The molecule has 2 aromatic rings. The summed E-state index contributed by atoms with van der Waals surface area (Å²) in [6.07, 6.45) is 2.99. The van der Waals surface area contributed by atoms with Crippen molar-refractivity contribution in [3.63, 3.8) is 0 Å². The van der Waals surface area contributed by atoms with Crippen LogP contribution < -0.4 is 16.0 Å². The van der Waals surface area contributed by atoms with E-state index in [1.165, 1.54) is 0 Å². The Bertz CT molecular complexity index is 1020. The summed E-state index contributed by atoms with van der Waals surface area (Å²) in [7, 11) is 0. The highest BCUT2D eigenvalue weighted by molar-refractivity contribution is 6.05. The lowest BCUT2D eigenvalue weighted by atomic mass is 10.1. The van der Waals surface area contributed by atoms with Crippen molar-refractivity contribution in [3.05, 3.63) is 59.2 Å². The standard InChI is InChI=1S/C24H28N4O3/c1-2-22(29)28-12-10-17-14-18(8-9-20(17)28)24(31)26-19-6-3-5-16(13-19)15-27-11-4-7-21(27)23(25)30/h3,5-6,8-9,13-14,21H,2,4,7,10-12,15H2,1H3,(H2,25,30)(H,26,31). The van der Waals surface area contributed by atoms with Gasteiger partial charge >= 0.3 is 0 Å². The molecule has 7 heteroatoms. The van der Waals surface area contributed by atoms with Gasteiger partial charge in [-0.1, -0.05) is 19.1 Å². The zero-order valence-corrected chi connectivity index (χ0v) is 17.8. The van der Waals surface area contributed by atoms with E-state index in [2.05, 4.69) is 10.2 Å². The number of amides is 3. The van der Waals surface area contributed by atoms with Crippen LogP contribution >= 0.6 is 0 Å². The highest BCUT2D eigenvalue weighted by atomic mass is 16.2. The Hall–Kier alpha value is -3.19. The SMILES string of the molecule is CCC(=O)N1CCc2cc(C(=O)Nc3cccc(CN4CCCC4C(N)=O)c3)ccc21. The van der Waals surface area contributed by atoms with E-state index in [4.69, 9.17) is 5.73 Å². The van der Waals surface area contributed by atoms with Gasteiger partial charge in [-0.05, 0) is 67.3 Å². The molecule has 0 bridgehead atoms. The second-order valence-electron chi connectivity index (χ2n) is 8.18. The largest absolute Gasteiger partial charge is 0.368 e. The van der Waals surface area contributed by atoms with E-state index < -0.39 is 0 Å². The Kier molecular flexibility index (Phi) is 6.04. The quantitative estimate of drug-likeness (QED) is 0.751. The van der Waals surface area contributed by atoms with Crippen LogP contribution in [0.5, 0.6) is 0 Å². The summed E-state index contributed by atoms with van der Waals surface area (Å²) in [4.78, 5) is 40.4. The number of rotatable bonds is 6. The van der Waals surface area contributed by atoms with Crippen LogP contribution in [0.3, 0.4) is 0 Å². The maximum atomic E-state index is 12.8. The van der Waals surface area contributed by atoms with Crippen molar-refractivity contribution in [1.82, 2.24) is 4.90 Å². The third-order valence-corrected chi connectivity index (χ3v) is 6.10. The minimum absolute atomic E-state index is 0.101. The fraction of sp³-hybridized carbons (Fsp3) is 0.375. The van der Waals surface area contributed by atoms with Gasteiger partial charge in [-0.15, -0.1) is 0 Å². The molecule has 7 nitrogen and oxygen atoms in total. The lowest BCUT2D eigenvalue weighted by molar-refractivity contribution is -0.122. The van der Waals surface area contributed by atoms with E-state index in [9.17, 15) is 14.4 Å². The molecule has 162 valence electrons. The van der Waals surface area contributed by atoms with Crippen molar-refractivity contribution < 1.29 is 14.4 Å². The molecule has 1 saturated heterocycles. The molecule has 0 aliphatic carbocycles. The second-order valence-corrected chi connectivity index (χ2v) is 8.18. The predicted molar refractivity (Wildman–Crippen MR) is 120 cm³/mol. The number of primary amides is 1. The van der Waals surface area contributed by atoms with Crippen molar-refractivity contribution in [2.24, 2.45) is 5.73 Å². The molecule has 1 atom stereocenters. The van der Waals surface area contributed by atoms with E-state index in [1.807, 2.05) is 43.3 Å². The number of hydrogen-bond donors (Lipinski definition) is 2. The predicted octanol–water partition coefficient (Wildman–Crippen LogP) is 2.69. The lowest BCUT2D eigenvalue weighted by Crippen LogP contribution is -2.39. The number of benzene rings is 2. The van der Waals surface area contributed by atoms with Crippen molar-refractivity contribution >= 4 is 29.1 Å². The Morgan fingerprint density at radius 1 is 1.13 bits per heavy atom. The number of hydrogen-bond acceptors (Lipinski definition) is 4. The molecule has 0 saturated carbocycles. The molecule has 2 aliphatic heterocycles. The van der Waals surface area contributed by atoms with Crippen LogP contribution in [0.4, 0.5) is 11.4 Å². The summed E-state index contributed by atoms with van der Waals surface area (Å²) >= 11 is 0. The fourth-order valence-electron chi connectivity index (χ4n) is 4.52. The first kappa shape index (κ1) is 21.1. The normalized spacial score (nSPS) is 18.1. The van der Waals surface area contributed by atoms with Crippen LogP contribution in [0.2, 0.25) is 0 Å². The van der Waals surface area contributed by atoms with Gasteiger partial charge in [0.25, 0.3) is 5.91 Å². The van der Waals surface area contributed by atoms with Crippen molar-refractivity contribution in [2.75, 3.05) is 23.3 Å². The molecule has 1 unspecified atom stereocenters. The van der Waals surface area contributed by atoms with E-state index in [1.54, 1.807) is 11.0 Å². The molecule has 4 rings (SSSR count). The summed E-state index contributed by atoms with van der Waals surface area (Å²) in [6, 6.07) is 13.0. The summed E-state index contributed by atoms with van der Waals surface area (Å²) < 4.78 is 0. The Labute approximate surface area is 182 Å². The van der Waals surface area contributed by atoms with Crippen LogP contribution in [0.1, 0.15) is 47.7 Å². The molecule has 3 N–H and O–H groups in total. The summed E-state index contributed by atoms with van der Waals surface area (Å²) in [5.74, 6) is -0.362. The summed E-state index contributed by atoms with van der Waals surface area (Å²) in [6.45, 7) is 3.99. The monoisotopic (exact) mass is 420 g/mol. The molecule has 2 aromatic carbocycles. The minimum atomic E-state index is -0.280. The molecule has 2 heterocycles. The van der Waals surface area contributed by atoms with Crippen LogP contribution in [-0.2, 0) is 22.6 Å². The molecule has 0 spiro atoms. The van der Waals surface area contributed by atoms with E-state index in [0.717, 1.165) is 42.6 Å². The Balaban J connectivity index is 1.44. The number of fused-ring (bicyclic) bond motifs is 1. The number of carbonyl (C=O) groups is 3. The number of nitrogens with zero attached hydrogens (tertiary/aromatic N) is 2. The molecular formula is C24H28N4O3. The van der Waals surface area contributed by atoms with Gasteiger partial charge in [0.05, 0.1) is 6.04 Å².